The van der Waals surface area contributed by atoms with Crippen molar-refractivity contribution in [2.75, 3.05) is 4.42 Å². The molecule has 16 heteroatoms. The van der Waals surface area contributed by atoms with Gasteiger partial charge in [-0.2, -0.15) is 26.3 Å². The van der Waals surface area contributed by atoms with Gasteiger partial charge >= 0.3 is 23.7 Å². The van der Waals surface area contributed by atoms with Gasteiger partial charge in [0.15, 0.2) is 5.82 Å². The largest absolute Gasteiger partial charge is 0.417 e. The van der Waals surface area contributed by atoms with Crippen LogP contribution in [0.15, 0.2) is 24.4 Å². The van der Waals surface area contributed by atoms with Crippen LogP contribution in [0.4, 0.5) is 49.2 Å². The van der Waals surface area contributed by atoms with Gasteiger partial charge in [-0.25, -0.2) is 9.40 Å². The molecule has 0 saturated carbocycles. The molecule has 2 rings (SSSR count). The van der Waals surface area contributed by atoms with Crippen molar-refractivity contribution in [1.82, 2.24) is 4.98 Å². The van der Waals surface area contributed by atoms with Gasteiger partial charge in [-0.15, -0.1) is 0 Å². The third-order valence-electron chi connectivity index (χ3n) is 3.32. The van der Waals surface area contributed by atoms with Crippen LogP contribution in [0.2, 0.25) is 5.02 Å². The van der Waals surface area contributed by atoms with E-state index < -0.39 is 61.2 Å². The van der Waals surface area contributed by atoms with Crippen LogP contribution in [0.3, 0.4) is 0 Å². The Kier molecular flexibility index (Phi) is 5.81. The number of hydrogen-bond acceptors (Lipinski definition) is 6. The third kappa shape index (κ3) is 4.59. The van der Waals surface area contributed by atoms with Gasteiger partial charge in [-0.05, 0) is 6.07 Å². The van der Waals surface area contributed by atoms with E-state index in [9.17, 15) is 46.6 Å². The van der Waals surface area contributed by atoms with Gasteiger partial charge in [0.2, 0.25) is 5.69 Å². The van der Waals surface area contributed by atoms with Crippen LogP contribution < -0.4 is 4.42 Å². The van der Waals surface area contributed by atoms with Gasteiger partial charge in [0, 0.05) is 30.1 Å². The van der Waals surface area contributed by atoms with E-state index in [0.717, 1.165) is 0 Å². The van der Waals surface area contributed by atoms with Gasteiger partial charge in [0.1, 0.15) is 0 Å². The molecule has 8 nitrogen and oxygen atoms in total. The molecule has 0 N–H and O–H groups in total. The Labute approximate surface area is 165 Å². The Hall–Kier alpha value is -2.87. The molecule has 0 aliphatic carbocycles. The Morgan fingerprint density at radius 3 is 1.69 bits per heavy atom. The standard InChI is InChI=1S/C13H4Cl2F6N4O4/c14-7-1-6(13(19,20)21)4-22-11(7)23(15)10-8(24(26)27)2-5(12(16,17)18)3-9(10)25(28)29/h1-4H. The summed E-state index contributed by atoms with van der Waals surface area (Å²) < 4.78 is 76.9. The topological polar surface area (TPSA) is 102 Å². The van der Waals surface area contributed by atoms with Crippen molar-refractivity contribution in [1.29, 1.82) is 0 Å². The molecular weight excluding hydrogens is 461 g/mol. The molecule has 0 unspecified atom stereocenters. The maximum absolute atomic E-state index is 12.9. The molecule has 1 heterocycles. The molecule has 0 aliphatic heterocycles. The SMILES string of the molecule is O=[N+]([O-])c1cc(C(F)(F)F)cc([N+](=O)[O-])c1N(Cl)c1ncc(C(F)(F)F)cc1Cl. The number of alkyl halides is 6. The smallest absolute Gasteiger partial charge is 0.258 e. The number of nitro groups is 2. The molecule has 0 spiro atoms. The van der Waals surface area contributed by atoms with Crippen molar-refractivity contribution in [2.45, 2.75) is 12.4 Å². The number of rotatable bonds is 4. The highest BCUT2D eigenvalue weighted by Gasteiger charge is 2.40. The molecule has 0 amide bonds. The quantitative estimate of drug-likeness (QED) is 0.242. The second-order valence-corrected chi connectivity index (χ2v) is 5.93. The first-order valence-corrected chi connectivity index (χ1v) is 7.59. The van der Waals surface area contributed by atoms with Crippen molar-refractivity contribution < 1.29 is 36.2 Å². The summed E-state index contributed by atoms with van der Waals surface area (Å²) in [5, 5.41) is 21.6. The second kappa shape index (κ2) is 7.51. The second-order valence-electron chi connectivity index (χ2n) is 5.18. The van der Waals surface area contributed by atoms with Gasteiger partial charge < -0.3 is 0 Å². The molecule has 2 aromatic rings. The van der Waals surface area contributed by atoms with E-state index in [4.69, 9.17) is 23.4 Å². The maximum atomic E-state index is 12.9. The summed E-state index contributed by atoms with van der Waals surface area (Å²) in [6.07, 6.45) is -9.80. The molecule has 0 atom stereocenters. The van der Waals surface area contributed by atoms with Crippen LogP contribution in [0.1, 0.15) is 11.1 Å². The lowest BCUT2D eigenvalue weighted by atomic mass is 10.1. The number of halogens is 8. The normalized spacial score (nSPS) is 12.0. The molecule has 1 aromatic carbocycles. The summed E-state index contributed by atoms with van der Waals surface area (Å²) in [7, 11) is 0. The molecule has 156 valence electrons. The first-order valence-electron chi connectivity index (χ1n) is 6.87. The van der Waals surface area contributed by atoms with Gasteiger partial charge in [-0.3, -0.25) is 20.2 Å². The number of pyridine rings is 1. The molecule has 0 aliphatic rings. The third-order valence-corrected chi connectivity index (χ3v) is 3.93. The fourth-order valence-corrected chi connectivity index (χ4v) is 2.69. The lowest BCUT2D eigenvalue weighted by Gasteiger charge is -2.18. The Bertz CT molecular complexity index is 963. The highest BCUT2D eigenvalue weighted by molar-refractivity contribution is 6.37. The van der Waals surface area contributed by atoms with Crippen molar-refractivity contribution in [3.05, 3.63) is 60.8 Å². The van der Waals surface area contributed by atoms with Crippen LogP contribution in [-0.2, 0) is 12.4 Å². The zero-order chi connectivity index (χ0) is 22.3. The molecule has 0 bridgehead atoms. The van der Waals surface area contributed by atoms with E-state index >= 15 is 0 Å². The van der Waals surface area contributed by atoms with Crippen molar-refractivity contribution >= 4 is 46.3 Å². The summed E-state index contributed by atoms with van der Waals surface area (Å²) in [6, 6.07) is 0.298. The van der Waals surface area contributed by atoms with Crippen molar-refractivity contribution in [2.24, 2.45) is 0 Å². The van der Waals surface area contributed by atoms with Gasteiger partial charge in [0.05, 0.1) is 26.0 Å². The molecule has 0 fully saturated rings. The predicted octanol–water partition coefficient (Wildman–Crippen LogP) is 5.88. The van der Waals surface area contributed by atoms with Crippen LogP contribution in [0.5, 0.6) is 0 Å². The number of aromatic nitrogens is 1. The minimum atomic E-state index is -5.17. The van der Waals surface area contributed by atoms with E-state index in [0.29, 0.717) is 6.07 Å². The van der Waals surface area contributed by atoms with Crippen LogP contribution in [0, 0.1) is 20.2 Å². The monoisotopic (exact) mass is 464 g/mol. The number of anilines is 2. The van der Waals surface area contributed by atoms with Crippen molar-refractivity contribution in [3.63, 3.8) is 0 Å². The maximum Gasteiger partial charge on any atom is 0.417 e. The Morgan fingerprint density at radius 2 is 1.34 bits per heavy atom. The fourth-order valence-electron chi connectivity index (χ4n) is 2.08. The molecule has 0 saturated heterocycles. The highest BCUT2D eigenvalue weighted by atomic mass is 35.5. The first kappa shape index (κ1) is 22.4. The summed E-state index contributed by atoms with van der Waals surface area (Å²) in [5.41, 5.74) is -7.11. The van der Waals surface area contributed by atoms with Crippen LogP contribution >= 0.6 is 23.4 Å². The fraction of sp³-hybridized carbons (Fsp3) is 0.154. The highest BCUT2D eigenvalue weighted by Crippen LogP contribution is 2.47. The number of nitrogens with zero attached hydrogens (tertiary/aromatic N) is 4. The summed E-state index contributed by atoms with van der Waals surface area (Å²) in [6.45, 7) is 0. The zero-order valence-corrected chi connectivity index (χ0v) is 14.8. The molecule has 0 radical (unpaired) electrons. The van der Waals surface area contributed by atoms with Crippen molar-refractivity contribution in [3.8, 4) is 0 Å². The predicted molar refractivity (Wildman–Crippen MR) is 87.0 cm³/mol. The van der Waals surface area contributed by atoms with E-state index in [1.807, 2.05) is 0 Å². The number of nitro benzene ring substituents is 2. The lowest BCUT2D eigenvalue weighted by molar-refractivity contribution is -0.392. The Balaban J connectivity index is 2.76. The average molecular weight is 465 g/mol. The lowest BCUT2D eigenvalue weighted by Crippen LogP contribution is -2.14. The summed E-state index contributed by atoms with van der Waals surface area (Å²) in [4.78, 5) is 22.9. The minimum absolute atomic E-state index is 0.0182. The molecule has 1 aromatic heterocycles. The molecular formula is C13H4Cl2F6N4O4. The first-order chi connectivity index (χ1) is 13.1. The zero-order valence-electron chi connectivity index (χ0n) is 13.3. The van der Waals surface area contributed by atoms with E-state index in [1.165, 1.54) is 0 Å². The van der Waals surface area contributed by atoms with Gasteiger partial charge in [-0.1, -0.05) is 11.6 Å². The van der Waals surface area contributed by atoms with Gasteiger partial charge in [0.25, 0.3) is 0 Å². The number of hydrogen-bond donors (Lipinski definition) is 0. The van der Waals surface area contributed by atoms with E-state index in [1.54, 1.807) is 0 Å². The van der Waals surface area contributed by atoms with E-state index in [-0.39, 0.29) is 22.7 Å². The molecule has 29 heavy (non-hydrogen) atoms. The van der Waals surface area contributed by atoms with Crippen LogP contribution in [0.25, 0.3) is 0 Å². The summed E-state index contributed by atoms with van der Waals surface area (Å²) in [5.74, 6) is -0.813. The minimum Gasteiger partial charge on any atom is -0.258 e. The van der Waals surface area contributed by atoms with Crippen LogP contribution in [-0.4, -0.2) is 14.8 Å². The van der Waals surface area contributed by atoms with E-state index in [2.05, 4.69) is 4.98 Å². The average Bonchev–Trinajstić information content (AvgIpc) is 2.58. The summed E-state index contributed by atoms with van der Waals surface area (Å²) >= 11 is 11.4. The Morgan fingerprint density at radius 1 is 0.897 bits per heavy atom. The number of benzene rings is 1.